The van der Waals surface area contributed by atoms with Crippen LogP contribution in [0.15, 0.2) is 41.5 Å². The van der Waals surface area contributed by atoms with E-state index in [1.54, 1.807) is 32.0 Å². The fraction of sp³-hybridized carbons (Fsp3) is 0.455. The predicted octanol–water partition coefficient (Wildman–Crippen LogP) is 1.75. The van der Waals surface area contributed by atoms with E-state index in [9.17, 15) is 19.3 Å². The van der Waals surface area contributed by atoms with Gasteiger partial charge in [-0.25, -0.2) is 13.9 Å². The molecule has 5 rings (SSSR count). The van der Waals surface area contributed by atoms with E-state index in [-0.39, 0.29) is 22.9 Å². The quantitative estimate of drug-likeness (QED) is 0.161. The number of hydrogen-bond donors (Lipinski definition) is 4. The molecule has 210 valence electrons. The summed E-state index contributed by atoms with van der Waals surface area (Å²) in [5.41, 5.74) is 2.11. The molecule has 1 aromatic carbocycles. The molecule has 1 aliphatic carbocycles. The lowest BCUT2D eigenvalue weighted by Crippen LogP contribution is -2.44. The Bertz CT molecular complexity index is 1520. The largest absolute Gasteiger partial charge is 0.462 e. The molecule has 2 aromatic heterocycles. The minimum absolute atomic E-state index is 0.102. The molecule has 0 radical (unpaired) electrons. The number of carbonyl (C=O) groups is 1. The highest BCUT2D eigenvalue weighted by molar-refractivity contribution is 7.52. The highest BCUT2D eigenvalue weighted by atomic mass is 35.5. The van der Waals surface area contributed by atoms with Gasteiger partial charge >= 0.3 is 13.7 Å². The first-order valence-corrected chi connectivity index (χ1v) is 13.7. The van der Waals surface area contributed by atoms with Gasteiger partial charge in [-0.15, -0.1) is 0 Å². The third-order valence-corrected chi connectivity index (χ3v) is 8.28. The van der Waals surface area contributed by atoms with Gasteiger partial charge in [0.05, 0.1) is 12.4 Å². The van der Waals surface area contributed by atoms with Crippen LogP contribution < -0.4 is 20.9 Å². The van der Waals surface area contributed by atoms with Gasteiger partial charge in [-0.1, -0.05) is 29.8 Å². The van der Waals surface area contributed by atoms with Crippen LogP contribution in [-0.4, -0.2) is 65.7 Å². The number of aliphatic hydroxyl groups is 1. The van der Waals surface area contributed by atoms with Gasteiger partial charge in [-0.2, -0.15) is 10.1 Å². The number of fused-ring (bicyclic) bond motifs is 2. The van der Waals surface area contributed by atoms with Crippen LogP contribution in [0.25, 0.3) is 11.2 Å². The summed E-state index contributed by atoms with van der Waals surface area (Å²) in [4.78, 5) is 34.6. The molecule has 0 amide bonds. The van der Waals surface area contributed by atoms with Gasteiger partial charge < -0.3 is 24.8 Å². The second kappa shape index (κ2) is 9.54. The number of nitrogen functional groups attached to an aromatic ring is 1. The Hall–Kier alpha value is -3.07. The first kappa shape index (κ1) is 27.5. The highest BCUT2D eigenvalue weighted by Gasteiger charge is 2.87. The predicted molar refractivity (Wildman–Crippen MR) is 134 cm³/mol. The molecule has 1 aliphatic heterocycles. The first-order valence-electron chi connectivity index (χ1n) is 11.8. The number of aromatic nitrogens is 4. The SMILES string of the molecule is CC(C)OC(=O)[C@@H](C)NP(=O)(Oc1ccccc1)OC1[C@H]2O[C@@H](n3cnc4c(=O)[nH]c(N)nc43)[C@@](F)(Cl)[C@@]12O. The minimum Gasteiger partial charge on any atom is -0.462 e. The third-order valence-electron chi connectivity index (χ3n) is 6.13. The van der Waals surface area contributed by atoms with Crippen molar-refractivity contribution in [2.24, 2.45) is 0 Å². The van der Waals surface area contributed by atoms with Crippen molar-refractivity contribution in [1.29, 1.82) is 0 Å². The van der Waals surface area contributed by atoms with E-state index in [2.05, 4.69) is 20.0 Å². The van der Waals surface area contributed by atoms with Gasteiger partial charge in [0.15, 0.2) is 23.0 Å². The number of rotatable bonds is 9. The van der Waals surface area contributed by atoms with Gasteiger partial charge in [-0.05, 0) is 32.9 Å². The van der Waals surface area contributed by atoms with Crippen molar-refractivity contribution in [3.63, 3.8) is 0 Å². The number of aromatic amines is 1. The summed E-state index contributed by atoms with van der Waals surface area (Å²) in [5, 5.41) is 10.6. The van der Waals surface area contributed by atoms with Crippen molar-refractivity contribution in [3.05, 3.63) is 47.0 Å². The molecule has 3 aromatic rings. The molecule has 39 heavy (non-hydrogen) atoms. The Kier molecular flexibility index (Phi) is 6.72. The van der Waals surface area contributed by atoms with Crippen LogP contribution in [0.3, 0.4) is 0 Å². The Balaban J connectivity index is 1.40. The average Bonchev–Trinajstić information content (AvgIpc) is 3.10. The van der Waals surface area contributed by atoms with Crippen molar-refractivity contribution >= 4 is 42.4 Å². The molecule has 0 bridgehead atoms. The zero-order valence-electron chi connectivity index (χ0n) is 20.8. The Morgan fingerprint density at radius 2 is 2.05 bits per heavy atom. The van der Waals surface area contributed by atoms with E-state index in [0.717, 1.165) is 10.9 Å². The molecule has 2 aliphatic rings. The lowest BCUT2D eigenvalue weighted by atomic mass is 10.1. The van der Waals surface area contributed by atoms with Gasteiger partial charge in [0, 0.05) is 0 Å². The van der Waals surface area contributed by atoms with Crippen molar-refractivity contribution in [2.45, 2.75) is 62.1 Å². The molecule has 14 nitrogen and oxygen atoms in total. The topological polar surface area (TPSA) is 193 Å². The maximum absolute atomic E-state index is 16.1. The zero-order valence-corrected chi connectivity index (χ0v) is 22.4. The Morgan fingerprint density at radius 1 is 1.36 bits per heavy atom. The number of hydrogen-bond acceptors (Lipinski definition) is 11. The number of H-pyrrole nitrogens is 1. The molecule has 17 heteroatoms. The standard InChI is InChI=1S/C22H25ClFN6O8P/c1-10(2)35-18(32)11(3)29-39(34,37-12-7-5-4-6-8-12)38-15-14-21(15,33)22(23,24)19(36-14)30-9-26-13-16(30)27-20(25)28-17(13)31/h4-11,14-15,19,33H,1-3H3,(H,29,34)(H3,25,27,28,31)/t11-,14-,15?,19-,21+,22+,39?/m1/s1. The smallest absolute Gasteiger partial charge is 0.459 e. The van der Waals surface area contributed by atoms with E-state index in [4.69, 9.17) is 35.9 Å². The number of alkyl halides is 2. The number of anilines is 1. The van der Waals surface area contributed by atoms with Crippen LogP contribution in [0.4, 0.5) is 10.3 Å². The maximum atomic E-state index is 16.1. The monoisotopic (exact) mass is 586 g/mol. The molecule has 7 atom stereocenters. The summed E-state index contributed by atoms with van der Waals surface area (Å²) in [6.45, 7) is 4.65. The van der Waals surface area contributed by atoms with Crippen molar-refractivity contribution in [1.82, 2.24) is 24.6 Å². The number of esters is 1. The summed E-state index contributed by atoms with van der Waals surface area (Å²) in [7, 11) is -4.48. The molecule has 1 saturated carbocycles. The van der Waals surface area contributed by atoms with Crippen LogP contribution >= 0.6 is 19.3 Å². The number of halogens is 2. The van der Waals surface area contributed by atoms with E-state index >= 15 is 4.39 Å². The highest BCUT2D eigenvalue weighted by Crippen LogP contribution is 2.67. The average molecular weight is 587 g/mol. The van der Waals surface area contributed by atoms with E-state index < -0.39 is 60.6 Å². The van der Waals surface area contributed by atoms with E-state index in [1.165, 1.54) is 19.1 Å². The second-order valence-corrected chi connectivity index (χ2v) is 11.6. The van der Waals surface area contributed by atoms with E-state index in [1.807, 2.05) is 0 Å². The number of carbonyl (C=O) groups excluding carboxylic acids is 1. The molecule has 2 fully saturated rings. The molecule has 0 spiro atoms. The van der Waals surface area contributed by atoms with Crippen LogP contribution in [0.2, 0.25) is 0 Å². The van der Waals surface area contributed by atoms with Crippen LogP contribution in [0, 0.1) is 0 Å². The summed E-state index contributed by atoms with van der Waals surface area (Å²) in [6.07, 6.45) is -4.11. The molecule has 2 unspecified atom stereocenters. The summed E-state index contributed by atoms with van der Waals surface area (Å²) in [6, 6.07) is 6.69. The van der Waals surface area contributed by atoms with Gasteiger partial charge in [0.25, 0.3) is 10.7 Å². The fourth-order valence-electron chi connectivity index (χ4n) is 4.25. The van der Waals surface area contributed by atoms with Gasteiger partial charge in [0.1, 0.15) is 24.0 Å². The minimum atomic E-state index is -4.48. The molecular formula is C22H25ClFN6O8P. The normalized spacial score (nSPS) is 30.1. The maximum Gasteiger partial charge on any atom is 0.459 e. The summed E-state index contributed by atoms with van der Waals surface area (Å²) < 4.78 is 52.8. The molecular weight excluding hydrogens is 562 g/mol. The van der Waals surface area contributed by atoms with Crippen molar-refractivity contribution in [3.8, 4) is 5.75 Å². The van der Waals surface area contributed by atoms with Crippen LogP contribution in [-0.2, 0) is 23.4 Å². The second-order valence-electron chi connectivity index (χ2n) is 9.40. The van der Waals surface area contributed by atoms with Crippen molar-refractivity contribution < 1.29 is 37.4 Å². The van der Waals surface area contributed by atoms with E-state index in [0.29, 0.717) is 0 Å². The number of para-hydroxylation sites is 1. The number of ether oxygens (including phenoxy) is 2. The summed E-state index contributed by atoms with van der Waals surface area (Å²) in [5.74, 6) is -0.903. The molecule has 3 heterocycles. The molecule has 1 saturated heterocycles. The lowest BCUT2D eigenvalue weighted by Gasteiger charge is -2.30. The number of imidazole rings is 1. The lowest BCUT2D eigenvalue weighted by molar-refractivity contribution is -0.149. The number of nitrogens with zero attached hydrogens (tertiary/aromatic N) is 3. The van der Waals surface area contributed by atoms with Crippen molar-refractivity contribution in [2.75, 3.05) is 5.73 Å². The zero-order chi connectivity index (χ0) is 28.3. The number of nitrogens with one attached hydrogen (secondary N) is 2. The first-order chi connectivity index (χ1) is 18.3. The van der Waals surface area contributed by atoms with Crippen LogP contribution in [0.1, 0.15) is 27.0 Å². The fourth-order valence-corrected chi connectivity index (χ4v) is 6.33. The van der Waals surface area contributed by atoms with Crippen LogP contribution in [0.5, 0.6) is 5.75 Å². The van der Waals surface area contributed by atoms with Gasteiger partial charge in [0.2, 0.25) is 5.95 Å². The Morgan fingerprint density at radius 3 is 2.67 bits per heavy atom. The molecule has 5 N–H and O–H groups in total. The van der Waals surface area contributed by atoms with Gasteiger partial charge in [-0.3, -0.25) is 23.7 Å². The Labute approximate surface area is 225 Å². The summed E-state index contributed by atoms with van der Waals surface area (Å²) >= 11 is 6.20. The number of benzene rings is 1. The number of nitrogens with two attached hydrogens (primary N) is 1. The third kappa shape index (κ3) is 4.68.